The lowest BCUT2D eigenvalue weighted by Crippen LogP contribution is -2.38. The lowest BCUT2D eigenvalue weighted by Gasteiger charge is -2.30. The highest BCUT2D eigenvalue weighted by atomic mass is 32.1. The summed E-state index contributed by atoms with van der Waals surface area (Å²) in [5.74, 6) is 1.57. The molecule has 0 bridgehead atoms. The van der Waals surface area contributed by atoms with Crippen molar-refractivity contribution in [1.82, 2.24) is 20.5 Å². The van der Waals surface area contributed by atoms with Crippen LogP contribution in [0.4, 0.5) is 13.2 Å². The highest BCUT2D eigenvalue weighted by Crippen LogP contribution is 2.30. The maximum atomic E-state index is 12.6. The van der Waals surface area contributed by atoms with Crippen LogP contribution in [0.15, 0.2) is 10.4 Å². The van der Waals surface area contributed by atoms with E-state index in [2.05, 4.69) is 32.4 Å². The maximum absolute atomic E-state index is 12.6. The standard InChI is InChI=1S/C19H32F3N5S/c1-3-23-18(24-9-4-5-11-27-12-7-15(2)8-13-27)25-10-6-17-26-16(14-28-17)19(20,21)22/h14-15H,3-13H2,1-2H3,(H2,23,24,25). The third-order valence-corrected chi connectivity index (χ3v) is 5.75. The average Bonchev–Trinajstić information content (AvgIpc) is 3.12. The van der Waals surface area contributed by atoms with Crippen LogP contribution in [0.3, 0.4) is 0 Å². The monoisotopic (exact) mass is 419 g/mol. The zero-order valence-electron chi connectivity index (χ0n) is 16.8. The SMILES string of the molecule is CCNC(=NCCCCN1CCC(C)CC1)NCCc1nc(C(F)(F)F)cs1. The number of aliphatic imine (C=N–C) groups is 1. The Balaban J connectivity index is 1.65. The molecule has 0 radical (unpaired) electrons. The number of thiazole rings is 1. The van der Waals surface area contributed by atoms with Crippen molar-refractivity contribution in [3.63, 3.8) is 0 Å². The van der Waals surface area contributed by atoms with E-state index in [4.69, 9.17) is 0 Å². The van der Waals surface area contributed by atoms with Gasteiger partial charge < -0.3 is 15.5 Å². The molecule has 0 atom stereocenters. The molecule has 160 valence electrons. The van der Waals surface area contributed by atoms with Gasteiger partial charge in [0.2, 0.25) is 0 Å². The van der Waals surface area contributed by atoms with Gasteiger partial charge in [0.25, 0.3) is 0 Å². The quantitative estimate of drug-likeness (QED) is 0.363. The Labute approximate surface area is 169 Å². The van der Waals surface area contributed by atoms with E-state index >= 15 is 0 Å². The molecule has 1 aliphatic rings. The summed E-state index contributed by atoms with van der Waals surface area (Å²) in [6.07, 6.45) is 0.844. The van der Waals surface area contributed by atoms with Crippen LogP contribution < -0.4 is 10.6 Å². The predicted molar refractivity (Wildman–Crippen MR) is 109 cm³/mol. The van der Waals surface area contributed by atoms with Gasteiger partial charge in [-0.3, -0.25) is 4.99 Å². The molecule has 0 aliphatic carbocycles. The highest BCUT2D eigenvalue weighted by Gasteiger charge is 2.33. The largest absolute Gasteiger partial charge is 0.434 e. The van der Waals surface area contributed by atoms with Gasteiger partial charge >= 0.3 is 6.18 Å². The van der Waals surface area contributed by atoms with Gasteiger partial charge in [-0.05, 0) is 58.2 Å². The van der Waals surface area contributed by atoms with Crippen LogP contribution in [-0.2, 0) is 12.6 Å². The summed E-state index contributed by atoms with van der Waals surface area (Å²) in [4.78, 5) is 10.7. The van der Waals surface area contributed by atoms with Gasteiger partial charge in [-0.15, -0.1) is 11.3 Å². The van der Waals surface area contributed by atoms with Crippen molar-refractivity contribution in [1.29, 1.82) is 0 Å². The minimum Gasteiger partial charge on any atom is -0.357 e. The molecule has 1 fully saturated rings. The molecule has 2 N–H and O–H groups in total. The number of nitrogens with one attached hydrogen (secondary N) is 2. The summed E-state index contributed by atoms with van der Waals surface area (Å²) in [5, 5.41) is 7.90. The molecule has 0 amide bonds. The third-order valence-electron chi connectivity index (χ3n) is 4.85. The second-order valence-electron chi connectivity index (χ2n) is 7.29. The summed E-state index contributed by atoms with van der Waals surface area (Å²) in [5.41, 5.74) is -0.809. The van der Waals surface area contributed by atoms with E-state index < -0.39 is 11.9 Å². The number of alkyl halides is 3. The summed E-state index contributed by atoms with van der Waals surface area (Å²) >= 11 is 1.04. The Bertz CT molecular complexity index is 595. The van der Waals surface area contributed by atoms with Gasteiger partial charge in [-0.2, -0.15) is 13.2 Å². The van der Waals surface area contributed by atoms with E-state index in [0.717, 1.165) is 55.1 Å². The zero-order chi connectivity index (χ0) is 20.4. The Morgan fingerprint density at radius 3 is 2.68 bits per heavy atom. The van der Waals surface area contributed by atoms with Crippen molar-refractivity contribution < 1.29 is 13.2 Å². The molecule has 0 unspecified atom stereocenters. The summed E-state index contributed by atoms with van der Waals surface area (Å²) in [6.45, 7) is 9.86. The Kier molecular flexibility index (Phi) is 9.50. The normalized spacial score (nSPS) is 17.1. The van der Waals surface area contributed by atoms with Crippen molar-refractivity contribution in [3.8, 4) is 0 Å². The third kappa shape index (κ3) is 8.34. The molecule has 1 saturated heterocycles. The second-order valence-corrected chi connectivity index (χ2v) is 8.24. The van der Waals surface area contributed by atoms with Crippen molar-refractivity contribution in [2.45, 2.75) is 52.1 Å². The number of halogens is 3. The van der Waals surface area contributed by atoms with E-state index in [1.807, 2.05) is 6.92 Å². The van der Waals surface area contributed by atoms with E-state index in [0.29, 0.717) is 23.9 Å². The predicted octanol–water partition coefficient (Wildman–Crippen LogP) is 3.77. The number of unbranched alkanes of at least 4 members (excludes halogenated alkanes) is 1. The summed E-state index contributed by atoms with van der Waals surface area (Å²) in [7, 11) is 0. The molecule has 0 saturated carbocycles. The van der Waals surface area contributed by atoms with Crippen molar-refractivity contribution in [3.05, 3.63) is 16.1 Å². The van der Waals surface area contributed by atoms with Crippen LogP contribution in [0.5, 0.6) is 0 Å². The number of guanidine groups is 1. The van der Waals surface area contributed by atoms with Gasteiger partial charge in [0.15, 0.2) is 11.7 Å². The van der Waals surface area contributed by atoms with Crippen LogP contribution in [0.1, 0.15) is 50.2 Å². The van der Waals surface area contributed by atoms with Gasteiger partial charge in [0.1, 0.15) is 0 Å². The number of hydrogen-bond acceptors (Lipinski definition) is 4. The van der Waals surface area contributed by atoms with Crippen molar-refractivity contribution in [2.24, 2.45) is 10.9 Å². The highest BCUT2D eigenvalue weighted by molar-refractivity contribution is 7.09. The van der Waals surface area contributed by atoms with Gasteiger partial charge in [0, 0.05) is 31.4 Å². The number of nitrogens with zero attached hydrogens (tertiary/aromatic N) is 3. The molecule has 5 nitrogen and oxygen atoms in total. The Morgan fingerprint density at radius 1 is 1.29 bits per heavy atom. The van der Waals surface area contributed by atoms with E-state index in [1.165, 1.54) is 25.9 Å². The fourth-order valence-electron chi connectivity index (χ4n) is 3.11. The first-order chi connectivity index (χ1) is 13.4. The number of aromatic nitrogens is 1. The Hall–Kier alpha value is -1.35. The average molecular weight is 420 g/mol. The number of piperidine rings is 1. The van der Waals surface area contributed by atoms with Crippen molar-refractivity contribution in [2.75, 3.05) is 39.3 Å². The number of likely N-dealkylation sites (tertiary alicyclic amines) is 1. The first kappa shape index (κ1) is 22.9. The topological polar surface area (TPSA) is 52.6 Å². The number of rotatable bonds is 9. The lowest BCUT2D eigenvalue weighted by molar-refractivity contribution is -0.140. The van der Waals surface area contributed by atoms with Crippen LogP contribution in [0.2, 0.25) is 0 Å². The first-order valence-electron chi connectivity index (χ1n) is 10.1. The molecule has 1 aliphatic heterocycles. The molecule has 9 heteroatoms. The molecular weight excluding hydrogens is 387 g/mol. The fraction of sp³-hybridized carbons (Fsp3) is 0.789. The molecule has 2 rings (SSSR count). The summed E-state index contributed by atoms with van der Waals surface area (Å²) < 4.78 is 37.8. The van der Waals surface area contributed by atoms with E-state index in [1.54, 1.807) is 0 Å². The minimum atomic E-state index is -4.37. The minimum absolute atomic E-state index is 0.443. The molecule has 1 aromatic rings. The van der Waals surface area contributed by atoms with Crippen LogP contribution in [-0.4, -0.2) is 55.1 Å². The van der Waals surface area contributed by atoms with Gasteiger partial charge in [-0.1, -0.05) is 6.92 Å². The molecule has 1 aromatic heterocycles. The lowest BCUT2D eigenvalue weighted by atomic mass is 9.99. The maximum Gasteiger partial charge on any atom is 0.434 e. The first-order valence-corrected chi connectivity index (χ1v) is 11.0. The summed E-state index contributed by atoms with van der Waals surface area (Å²) in [6, 6.07) is 0. The van der Waals surface area contributed by atoms with Crippen LogP contribution >= 0.6 is 11.3 Å². The molecule has 2 heterocycles. The number of hydrogen-bond donors (Lipinski definition) is 2. The molecular formula is C19H32F3N5S. The fourth-order valence-corrected chi connectivity index (χ4v) is 3.91. The second kappa shape index (κ2) is 11.6. The van der Waals surface area contributed by atoms with Gasteiger partial charge in [-0.25, -0.2) is 4.98 Å². The van der Waals surface area contributed by atoms with Gasteiger partial charge in [0.05, 0.1) is 5.01 Å². The molecule has 28 heavy (non-hydrogen) atoms. The zero-order valence-corrected chi connectivity index (χ0v) is 17.6. The van der Waals surface area contributed by atoms with E-state index in [-0.39, 0.29) is 0 Å². The molecule has 0 aromatic carbocycles. The Morgan fingerprint density at radius 2 is 2.04 bits per heavy atom. The van der Waals surface area contributed by atoms with Crippen molar-refractivity contribution >= 4 is 17.3 Å². The smallest absolute Gasteiger partial charge is 0.357 e. The van der Waals surface area contributed by atoms with Crippen LogP contribution in [0.25, 0.3) is 0 Å². The molecule has 0 spiro atoms. The van der Waals surface area contributed by atoms with Crippen LogP contribution in [0, 0.1) is 5.92 Å². The van der Waals surface area contributed by atoms with E-state index in [9.17, 15) is 13.2 Å².